The molecule has 0 aromatic heterocycles. The summed E-state index contributed by atoms with van der Waals surface area (Å²) in [4.78, 5) is 29.1. The molecule has 0 radical (unpaired) electrons. The Labute approximate surface area is 153 Å². The first-order valence-corrected chi connectivity index (χ1v) is 8.71. The van der Waals surface area contributed by atoms with Crippen LogP contribution in [0.3, 0.4) is 0 Å². The zero-order valence-electron chi connectivity index (χ0n) is 15.2. The number of hydrogen-bond donors (Lipinski definition) is 1. The van der Waals surface area contributed by atoms with Crippen LogP contribution in [0, 0.1) is 12.8 Å². The number of amides is 1. The van der Waals surface area contributed by atoms with Crippen LogP contribution in [-0.2, 0) is 20.9 Å². The molecule has 1 aliphatic heterocycles. The number of benzene rings is 1. The smallest absolute Gasteiger partial charge is 0.345 e. The van der Waals surface area contributed by atoms with Crippen LogP contribution in [0.2, 0.25) is 0 Å². The van der Waals surface area contributed by atoms with Gasteiger partial charge in [-0.05, 0) is 37.5 Å². The number of nitrogens with zero attached hydrogens (tertiary/aromatic N) is 1. The fourth-order valence-corrected chi connectivity index (χ4v) is 3.16. The van der Waals surface area contributed by atoms with Crippen LogP contribution in [0.1, 0.15) is 25.0 Å². The van der Waals surface area contributed by atoms with Crippen molar-refractivity contribution in [3.63, 3.8) is 0 Å². The predicted molar refractivity (Wildman–Crippen MR) is 101 cm³/mol. The Morgan fingerprint density at radius 1 is 1.27 bits per heavy atom. The van der Waals surface area contributed by atoms with Crippen molar-refractivity contribution in [2.45, 2.75) is 27.3 Å². The minimum Gasteiger partial charge on any atom is -0.462 e. The highest BCUT2D eigenvalue weighted by molar-refractivity contribution is 6.25. The Bertz CT molecular complexity index is 875. The van der Waals surface area contributed by atoms with E-state index in [4.69, 9.17) is 4.74 Å². The summed E-state index contributed by atoms with van der Waals surface area (Å²) in [6.07, 6.45) is 5.78. The first-order valence-electron chi connectivity index (χ1n) is 8.71. The summed E-state index contributed by atoms with van der Waals surface area (Å²) in [5, 5.41) is 3.32. The van der Waals surface area contributed by atoms with Crippen molar-refractivity contribution in [2.75, 3.05) is 6.61 Å². The molecule has 0 spiro atoms. The lowest BCUT2D eigenvalue weighted by molar-refractivity contribution is -0.140. The number of nitrogens with one attached hydrogen (secondary N) is 1. The maximum atomic E-state index is 12.6. The van der Waals surface area contributed by atoms with Crippen LogP contribution < -0.4 is 5.32 Å². The molecule has 1 atom stereocenters. The van der Waals surface area contributed by atoms with Crippen molar-refractivity contribution in [1.29, 1.82) is 0 Å². The molecule has 1 N–H and O–H groups in total. The molecule has 1 unspecified atom stereocenters. The van der Waals surface area contributed by atoms with Gasteiger partial charge in [0.05, 0.1) is 18.2 Å². The third-order valence-electron chi connectivity index (χ3n) is 4.57. The van der Waals surface area contributed by atoms with E-state index in [0.29, 0.717) is 18.0 Å². The second-order valence-corrected chi connectivity index (χ2v) is 6.30. The van der Waals surface area contributed by atoms with E-state index >= 15 is 0 Å². The lowest BCUT2D eigenvalue weighted by Crippen LogP contribution is -2.36. The molecular formula is C21H22N2O3. The van der Waals surface area contributed by atoms with E-state index in [0.717, 1.165) is 16.7 Å². The summed E-state index contributed by atoms with van der Waals surface area (Å²) in [6, 6.07) is 8.00. The standard InChI is InChI=1S/C21H22N2O3/c1-4-26-21(25)17-19(22-12-15-10-6-5-8-13(15)2)16-11-7-9-14(3)18(16)23-20(17)24/h5-11,16,22H,4,12H2,1-3H3. The van der Waals surface area contributed by atoms with Crippen LogP contribution in [0.5, 0.6) is 0 Å². The Morgan fingerprint density at radius 2 is 2.04 bits per heavy atom. The molecule has 26 heavy (non-hydrogen) atoms. The zero-order valence-corrected chi connectivity index (χ0v) is 15.2. The first-order chi connectivity index (χ1) is 12.5. The average molecular weight is 350 g/mol. The number of aliphatic imine (C=N–C) groups is 1. The molecule has 1 aromatic carbocycles. The SMILES string of the molecule is CCOC(=O)C1=C(NCc2ccccc2C)C2C=CC=C(C)C2=NC1=O. The minimum absolute atomic E-state index is 0.00599. The summed E-state index contributed by atoms with van der Waals surface area (Å²) < 4.78 is 5.10. The number of carbonyl (C=O) groups is 2. The van der Waals surface area contributed by atoms with E-state index in [-0.39, 0.29) is 18.1 Å². The molecule has 0 saturated heterocycles. The van der Waals surface area contributed by atoms with Gasteiger partial charge >= 0.3 is 5.97 Å². The number of fused-ring (bicyclic) bond motifs is 1. The summed E-state index contributed by atoms with van der Waals surface area (Å²) in [6.45, 7) is 6.38. The van der Waals surface area contributed by atoms with Gasteiger partial charge in [0.25, 0.3) is 5.91 Å². The number of esters is 1. The van der Waals surface area contributed by atoms with Gasteiger partial charge in [0.15, 0.2) is 0 Å². The normalized spacial score (nSPS) is 18.9. The van der Waals surface area contributed by atoms with Crippen molar-refractivity contribution in [2.24, 2.45) is 10.9 Å². The van der Waals surface area contributed by atoms with Gasteiger partial charge in [-0.2, -0.15) is 0 Å². The van der Waals surface area contributed by atoms with Gasteiger partial charge in [0.2, 0.25) is 0 Å². The van der Waals surface area contributed by atoms with Crippen molar-refractivity contribution in [3.05, 3.63) is 70.5 Å². The molecule has 5 nitrogen and oxygen atoms in total. The molecular weight excluding hydrogens is 328 g/mol. The topological polar surface area (TPSA) is 67.8 Å². The molecule has 1 aliphatic carbocycles. The van der Waals surface area contributed by atoms with Crippen LogP contribution >= 0.6 is 0 Å². The largest absolute Gasteiger partial charge is 0.462 e. The Balaban J connectivity index is 1.99. The molecule has 1 heterocycles. The summed E-state index contributed by atoms with van der Waals surface area (Å²) >= 11 is 0. The Morgan fingerprint density at radius 3 is 2.77 bits per heavy atom. The van der Waals surface area contributed by atoms with Crippen molar-refractivity contribution < 1.29 is 14.3 Å². The molecule has 1 aromatic rings. The van der Waals surface area contributed by atoms with Gasteiger partial charge < -0.3 is 10.1 Å². The molecule has 0 fully saturated rings. The molecule has 0 bridgehead atoms. The highest BCUT2D eigenvalue weighted by Gasteiger charge is 2.36. The van der Waals surface area contributed by atoms with Gasteiger partial charge in [0.1, 0.15) is 5.57 Å². The fraction of sp³-hybridized carbons (Fsp3) is 0.286. The number of hydrogen-bond acceptors (Lipinski definition) is 4. The predicted octanol–water partition coefficient (Wildman–Crippen LogP) is 3.02. The van der Waals surface area contributed by atoms with Gasteiger partial charge in [0, 0.05) is 12.2 Å². The quantitative estimate of drug-likeness (QED) is 0.655. The monoisotopic (exact) mass is 350 g/mol. The first kappa shape index (κ1) is 17.9. The maximum absolute atomic E-state index is 12.6. The Kier molecular flexibility index (Phi) is 5.16. The summed E-state index contributed by atoms with van der Waals surface area (Å²) in [5.74, 6) is -1.43. The molecule has 134 valence electrons. The Hall–Kier alpha value is -2.95. The van der Waals surface area contributed by atoms with Crippen molar-refractivity contribution >= 4 is 17.6 Å². The molecule has 3 rings (SSSR count). The zero-order chi connectivity index (χ0) is 18.7. The van der Waals surface area contributed by atoms with Crippen molar-refractivity contribution in [3.8, 4) is 0 Å². The third-order valence-corrected chi connectivity index (χ3v) is 4.57. The molecule has 1 amide bonds. The maximum Gasteiger partial charge on any atom is 0.345 e. The second kappa shape index (κ2) is 7.52. The van der Waals surface area contributed by atoms with Crippen LogP contribution in [0.4, 0.5) is 0 Å². The van der Waals surface area contributed by atoms with Gasteiger partial charge in [-0.15, -0.1) is 0 Å². The highest BCUT2D eigenvalue weighted by atomic mass is 16.5. The molecule has 2 aliphatic rings. The van der Waals surface area contributed by atoms with E-state index in [1.165, 1.54) is 0 Å². The summed E-state index contributed by atoms with van der Waals surface area (Å²) in [5.41, 5.74) is 4.40. The highest BCUT2D eigenvalue weighted by Crippen LogP contribution is 2.29. The van der Waals surface area contributed by atoms with Gasteiger partial charge in [-0.3, -0.25) is 4.79 Å². The number of allylic oxidation sites excluding steroid dienone is 4. The number of aryl methyl sites for hydroxylation is 1. The molecule has 0 saturated carbocycles. The average Bonchev–Trinajstić information content (AvgIpc) is 2.61. The number of dihydropyridines is 1. The van der Waals surface area contributed by atoms with Crippen LogP contribution in [0.25, 0.3) is 0 Å². The van der Waals surface area contributed by atoms with Crippen molar-refractivity contribution in [1.82, 2.24) is 5.32 Å². The van der Waals surface area contributed by atoms with E-state index < -0.39 is 11.9 Å². The van der Waals surface area contributed by atoms with Gasteiger partial charge in [-0.1, -0.05) is 42.5 Å². The van der Waals surface area contributed by atoms with E-state index in [1.54, 1.807) is 6.92 Å². The van der Waals surface area contributed by atoms with E-state index in [2.05, 4.69) is 10.3 Å². The third kappa shape index (κ3) is 3.38. The fourth-order valence-electron chi connectivity index (χ4n) is 3.16. The minimum atomic E-state index is -0.631. The van der Waals surface area contributed by atoms with Gasteiger partial charge in [-0.25, -0.2) is 9.79 Å². The number of ether oxygens (including phenoxy) is 1. The lowest BCUT2D eigenvalue weighted by Gasteiger charge is -2.28. The lowest BCUT2D eigenvalue weighted by atomic mass is 9.85. The van der Waals surface area contributed by atoms with Crippen LogP contribution in [-0.4, -0.2) is 24.2 Å². The van der Waals surface area contributed by atoms with E-state index in [1.807, 2.05) is 56.3 Å². The number of rotatable bonds is 5. The second-order valence-electron chi connectivity index (χ2n) is 6.30. The molecule has 5 heteroatoms. The van der Waals surface area contributed by atoms with E-state index in [9.17, 15) is 9.59 Å². The summed E-state index contributed by atoms with van der Waals surface area (Å²) in [7, 11) is 0. The van der Waals surface area contributed by atoms with Crippen LogP contribution in [0.15, 0.2) is 64.3 Å². The number of carbonyl (C=O) groups excluding carboxylic acids is 2.